The molecule has 1 amide bonds. The number of nitrogens with one attached hydrogen (secondary N) is 1. The van der Waals surface area contributed by atoms with E-state index in [0.29, 0.717) is 54.4 Å². The van der Waals surface area contributed by atoms with E-state index in [1.54, 1.807) is 6.07 Å². The summed E-state index contributed by atoms with van der Waals surface area (Å²) in [5, 5.41) is 18.9. The maximum absolute atomic E-state index is 15.6. The first-order chi connectivity index (χ1) is 18.5. The SMILES string of the molecule is CC(C)C(=O)N1CCC(c2cc(S(=O)(=O)NC3(C)CC3)cn3c(-c4nnc(C5(C#N)CC5)s4)nc(F)c23)CC1. The van der Waals surface area contributed by atoms with Crippen molar-refractivity contribution in [3.8, 4) is 16.9 Å². The molecule has 0 bridgehead atoms. The number of imidazole rings is 1. The number of carbonyl (C=O) groups is 1. The van der Waals surface area contributed by atoms with E-state index in [4.69, 9.17) is 0 Å². The summed E-state index contributed by atoms with van der Waals surface area (Å²) in [5.41, 5.74) is -0.379. The summed E-state index contributed by atoms with van der Waals surface area (Å²) in [7, 11) is -3.91. The lowest BCUT2D eigenvalue weighted by Gasteiger charge is -2.33. The third-order valence-corrected chi connectivity index (χ3v) is 10.8. The summed E-state index contributed by atoms with van der Waals surface area (Å²) in [6.45, 7) is 6.62. The van der Waals surface area contributed by atoms with Crippen LogP contribution in [0.1, 0.15) is 75.8 Å². The molecule has 1 aliphatic heterocycles. The normalized spacial score (nSPS) is 20.4. The van der Waals surface area contributed by atoms with Crippen molar-refractivity contribution in [2.24, 2.45) is 5.92 Å². The van der Waals surface area contributed by atoms with Gasteiger partial charge in [-0.3, -0.25) is 9.20 Å². The molecule has 3 aromatic rings. The van der Waals surface area contributed by atoms with Crippen LogP contribution in [0, 0.1) is 23.2 Å². The fourth-order valence-corrected chi connectivity index (χ4v) is 7.76. The van der Waals surface area contributed by atoms with Crippen LogP contribution in [0.3, 0.4) is 0 Å². The van der Waals surface area contributed by atoms with Crippen LogP contribution in [-0.2, 0) is 20.2 Å². The van der Waals surface area contributed by atoms with Crippen molar-refractivity contribution < 1.29 is 17.6 Å². The molecule has 4 heterocycles. The Morgan fingerprint density at radius 2 is 1.92 bits per heavy atom. The average molecular weight is 572 g/mol. The van der Waals surface area contributed by atoms with Gasteiger partial charge in [0.05, 0.1) is 11.0 Å². The highest BCUT2D eigenvalue weighted by molar-refractivity contribution is 7.89. The number of piperidine rings is 1. The minimum Gasteiger partial charge on any atom is -0.342 e. The molecule has 1 saturated heterocycles. The average Bonchev–Trinajstić information content (AvgIpc) is 3.77. The van der Waals surface area contributed by atoms with Crippen LogP contribution in [0.25, 0.3) is 16.3 Å². The van der Waals surface area contributed by atoms with Gasteiger partial charge in [-0.05, 0) is 63.0 Å². The van der Waals surface area contributed by atoms with E-state index >= 15 is 4.39 Å². The minimum absolute atomic E-state index is 0.0258. The standard InChI is InChI=1S/C26H30FN7O3S2/c1-15(2)23(35)33-10-4-16(5-11-33)18-12-17(39(36,37)32-25(3)6-7-25)13-34-19(18)20(27)29-21(34)22-30-31-24(38-22)26(14-28)8-9-26/h12-13,15-16,32H,4-11H2,1-3H3. The molecule has 13 heteroatoms. The highest BCUT2D eigenvalue weighted by atomic mass is 32.2. The Balaban J connectivity index is 1.45. The second kappa shape index (κ2) is 9.04. The monoisotopic (exact) mass is 571 g/mol. The first kappa shape index (κ1) is 26.3. The van der Waals surface area contributed by atoms with Gasteiger partial charge in [-0.15, -0.1) is 10.2 Å². The lowest BCUT2D eigenvalue weighted by Crippen LogP contribution is -2.40. The first-order valence-electron chi connectivity index (χ1n) is 13.3. The van der Waals surface area contributed by atoms with Crippen molar-refractivity contribution in [1.29, 1.82) is 5.26 Å². The smallest absolute Gasteiger partial charge is 0.242 e. The molecule has 0 unspecified atom stereocenters. The highest BCUT2D eigenvalue weighted by Crippen LogP contribution is 2.49. The van der Waals surface area contributed by atoms with Crippen LogP contribution in [0.5, 0.6) is 0 Å². The van der Waals surface area contributed by atoms with Gasteiger partial charge in [0.25, 0.3) is 0 Å². The number of rotatable bonds is 7. The van der Waals surface area contributed by atoms with Crippen LogP contribution in [-0.4, -0.2) is 57.4 Å². The Bertz CT molecular complexity index is 1620. The van der Waals surface area contributed by atoms with E-state index in [1.165, 1.54) is 21.9 Å². The number of halogens is 1. The zero-order chi connectivity index (χ0) is 27.7. The fraction of sp³-hybridized carbons (Fsp3) is 0.577. The van der Waals surface area contributed by atoms with Gasteiger partial charge in [-0.1, -0.05) is 25.2 Å². The number of hydrogen-bond acceptors (Lipinski definition) is 8. The Morgan fingerprint density at radius 1 is 1.23 bits per heavy atom. The van der Waals surface area contributed by atoms with E-state index in [-0.39, 0.29) is 34.0 Å². The molecule has 0 atom stereocenters. The van der Waals surface area contributed by atoms with Crippen molar-refractivity contribution >= 4 is 32.8 Å². The van der Waals surface area contributed by atoms with Crippen molar-refractivity contribution in [2.75, 3.05) is 13.1 Å². The van der Waals surface area contributed by atoms with Gasteiger partial charge < -0.3 is 4.90 Å². The topological polar surface area (TPSA) is 133 Å². The van der Waals surface area contributed by atoms with Gasteiger partial charge in [0, 0.05) is 30.7 Å². The lowest BCUT2D eigenvalue weighted by atomic mass is 9.89. The van der Waals surface area contributed by atoms with Crippen LogP contribution in [0.4, 0.5) is 4.39 Å². The van der Waals surface area contributed by atoms with Crippen molar-refractivity contribution in [3.05, 3.63) is 28.8 Å². The summed E-state index contributed by atoms with van der Waals surface area (Å²) in [5.74, 6) is -0.757. The quantitative estimate of drug-likeness (QED) is 0.457. The molecular formula is C26H30FN7O3S2. The predicted octanol–water partition coefficient (Wildman–Crippen LogP) is 3.74. The summed E-state index contributed by atoms with van der Waals surface area (Å²) in [6, 6.07) is 3.85. The van der Waals surface area contributed by atoms with Crippen LogP contribution < -0.4 is 4.72 Å². The Labute approximate surface area is 230 Å². The van der Waals surface area contributed by atoms with Crippen molar-refractivity contribution in [1.82, 2.24) is 29.2 Å². The van der Waals surface area contributed by atoms with Gasteiger partial charge >= 0.3 is 0 Å². The van der Waals surface area contributed by atoms with Gasteiger partial charge in [0.1, 0.15) is 15.9 Å². The summed E-state index contributed by atoms with van der Waals surface area (Å²) < 4.78 is 46.8. The molecule has 0 spiro atoms. The number of pyridine rings is 1. The number of fused-ring (bicyclic) bond motifs is 1. The third-order valence-electron chi connectivity index (χ3n) is 8.12. The maximum Gasteiger partial charge on any atom is 0.242 e. The molecule has 39 heavy (non-hydrogen) atoms. The van der Waals surface area contributed by atoms with Crippen molar-refractivity contribution in [3.63, 3.8) is 0 Å². The van der Waals surface area contributed by atoms with Crippen LogP contribution in [0.2, 0.25) is 0 Å². The number of nitrogens with zero attached hydrogens (tertiary/aromatic N) is 6. The number of amides is 1. The van der Waals surface area contributed by atoms with Crippen molar-refractivity contribution in [2.45, 2.75) is 81.1 Å². The summed E-state index contributed by atoms with van der Waals surface area (Å²) in [4.78, 5) is 18.5. The number of carbonyl (C=O) groups excluding carboxylic acids is 1. The molecule has 2 saturated carbocycles. The molecule has 3 fully saturated rings. The first-order valence-corrected chi connectivity index (χ1v) is 15.6. The Kier molecular flexibility index (Phi) is 6.09. The van der Waals surface area contributed by atoms with Crippen LogP contribution >= 0.6 is 11.3 Å². The molecule has 3 aromatic heterocycles. The second-order valence-electron chi connectivity index (χ2n) is 11.6. The molecular weight excluding hydrogens is 541 g/mol. The Hall–Kier alpha value is -2.95. The number of aromatic nitrogens is 4. The van der Waals surface area contributed by atoms with Gasteiger partial charge in [0.15, 0.2) is 10.8 Å². The zero-order valence-electron chi connectivity index (χ0n) is 22.1. The summed E-state index contributed by atoms with van der Waals surface area (Å²) >= 11 is 1.19. The lowest BCUT2D eigenvalue weighted by molar-refractivity contribution is -0.135. The minimum atomic E-state index is -3.91. The van der Waals surface area contributed by atoms with Gasteiger partial charge in [-0.2, -0.15) is 14.6 Å². The molecule has 6 rings (SSSR count). The number of nitriles is 1. The fourth-order valence-electron chi connectivity index (χ4n) is 5.24. The third kappa shape index (κ3) is 4.62. The molecule has 3 aliphatic rings. The van der Waals surface area contributed by atoms with E-state index in [9.17, 15) is 18.5 Å². The van der Waals surface area contributed by atoms with Gasteiger partial charge in [0.2, 0.25) is 21.9 Å². The van der Waals surface area contributed by atoms with E-state index in [2.05, 4.69) is 26.0 Å². The summed E-state index contributed by atoms with van der Waals surface area (Å²) in [6.07, 6.45) is 5.46. The molecule has 206 valence electrons. The molecule has 2 aliphatic carbocycles. The second-order valence-corrected chi connectivity index (χ2v) is 14.3. The molecule has 10 nitrogen and oxygen atoms in total. The van der Waals surface area contributed by atoms with Gasteiger partial charge in [-0.25, -0.2) is 13.1 Å². The zero-order valence-corrected chi connectivity index (χ0v) is 23.7. The number of hydrogen-bond donors (Lipinski definition) is 1. The Morgan fingerprint density at radius 3 is 2.51 bits per heavy atom. The van der Waals surface area contributed by atoms with E-state index in [1.807, 2.05) is 25.7 Å². The van der Waals surface area contributed by atoms with Crippen LogP contribution in [0.15, 0.2) is 17.2 Å². The predicted molar refractivity (Wildman–Crippen MR) is 142 cm³/mol. The van der Waals surface area contributed by atoms with E-state index in [0.717, 1.165) is 12.8 Å². The highest BCUT2D eigenvalue weighted by Gasteiger charge is 2.48. The molecule has 0 radical (unpaired) electrons. The number of likely N-dealkylation sites (tertiary alicyclic amines) is 1. The largest absolute Gasteiger partial charge is 0.342 e. The molecule has 0 aromatic carbocycles. The van der Waals surface area contributed by atoms with E-state index < -0.39 is 26.9 Å². The number of sulfonamides is 1. The maximum atomic E-state index is 15.6. The molecule has 1 N–H and O–H groups in total.